The molecule has 0 heterocycles. The molecule has 1 rings (SSSR count). The molecule has 0 saturated heterocycles. The van der Waals surface area contributed by atoms with E-state index in [1.807, 2.05) is 0 Å². The van der Waals surface area contributed by atoms with Crippen LogP contribution in [-0.4, -0.2) is 19.1 Å². The maximum atomic E-state index is 6.06. The van der Waals surface area contributed by atoms with Crippen LogP contribution >= 0.6 is 0 Å². The van der Waals surface area contributed by atoms with Gasteiger partial charge in [-0.3, -0.25) is 0 Å². The minimum atomic E-state index is 0.305. The van der Waals surface area contributed by atoms with Gasteiger partial charge in [0.15, 0.2) is 0 Å². The molecule has 0 radical (unpaired) electrons. The summed E-state index contributed by atoms with van der Waals surface area (Å²) in [5, 5.41) is 0. The molecule has 2 nitrogen and oxygen atoms in total. The van der Waals surface area contributed by atoms with Crippen molar-refractivity contribution in [2.45, 2.75) is 46.1 Å². The Labute approximate surface area is 106 Å². The van der Waals surface area contributed by atoms with Crippen LogP contribution in [0.15, 0.2) is 24.3 Å². The van der Waals surface area contributed by atoms with E-state index in [0.29, 0.717) is 6.04 Å². The number of nitrogens with two attached hydrogens (primary N) is 1. The molecular formula is C15H26N2. The van der Waals surface area contributed by atoms with Gasteiger partial charge in [-0.2, -0.15) is 0 Å². The standard InChI is InChI=1S/C15H26N2/c1-4-7-14(16)12-13-8-10-15(11-9-13)17(5-2)6-3/h8-11,14H,4-7,12,16H2,1-3H3. The van der Waals surface area contributed by atoms with Crippen molar-refractivity contribution >= 4 is 5.69 Å². The SMILES string of the molecule is CCCC(N)Cc1ccc(N(CC)CC)cc1. The molecule has 1 atom stereocenters. The maximum absolute atomic E-state index is 6.06. The molecule has 0 amide bonds. The lowest BCUT2D eigenvalue weighted by Gasteiger charge is -2.21. The van der Waals surface area contributed by atoms with Crippen LogP contribution in [0.4, 0.5) is 5.69 Å². The molecule has 96 valence electrons. The van der Waals surface area contributed by atoms with Crippen LogP contribution in [-0.2, 0) is 6.42 Å². The zero-order valence-electron chi connectivity index (χ0n) is 11.4. The topological polar surface area (TPSA) is 29.3 Å². The second kappa shape index (κ2) is 7.33. The molecule has 0 spiro atoms. The summed E-state index contributed by atoms with van der Waals surface area (Å²) in [4.78, 5) is 2.36. The van der Waals surface area contributed by atoms with Gasteiger partial charge in [-0.25, -0.2) is 0 Å². The summed E-state index contributed by atoms with van der Waals surface area (Å²) in [5.41, 5.74) is 8.71. The number of rotatable bonds is 7. The van der Waals surface area contributed by atoms with E-state index in [2.05, 4.69) is 49.9 Å². The zero-order chi connectivity index (χ0) is 12.7. The molecular weight excluding hydrogens is 208 g/mol. The first-order chi connectivity index (χ1) is 8.21. The molecule has 0 fully saturated rings. The molecule has 2 N–H and O–H groups in total. The molecule has 17 heavy (non-hydrogen) atoms. The average molecular weight is 234 g/mol. The normalized spacial score (nSPS) is 12.5. The van der Waals surface area contributed by atoms with Crippen molar-refractivity contribution in [3.63, 3.8) is 0 Å². The van der Waals surface area contributed by atoms with Crippen molar-refractivity contribution in [2.24, 2.45) is 5.73 Å². The molecule has 0 aliphatic carbocycles. The number of hydrogen-bond donors (Lipinski definition) is 1. The molecule has 1 aromatic carbocycles. The highest BCUT2D eigenvalue weighted by Crippen LogP contribution is 2.16. The quantitative estimate of drug-likeness (QED) is 0.785. The lowest BCUT2D eigenvalue weighted by Crippen LogP contribution is -2.23. The second-order valence-electron chi connectivity index (χ2n) is 4.59. The van der Waals surface area contributed by atoms with Crippen LogP contribution in [0.1, 0.15) is 39.2 Å². The minimum Gasteiger partial charge on any atom is -0.372 e. The fraction of sp³-hybridized carbons (Fsp3) is 0.600. The minimum absolute atomic E-state index is 0.305. The van der Waals surface area contributed by atoms with Crippen LogP contribution < -0.4 is 10.6 Å². The smallest absolute Gasteiger partial charge is 0.0366 e. The molecule has 1 unspecified atom stereocenters. The zero-order valence-corrected chi connectivity index (χ0v) is 11.4. The van der Waals surface area contributed by atoms with Gasteiger partial charge in [0.25, 0.3) is 0 Å². The van der Waals surface area contributed by atoms with Crippen LogP contribution in [0.3, 0.4) is 0 Å². The van der Waals surface area contributed by atoms with Crippen molar-refractivity contribution in [1.82, 2.24) is 0 Å². The first-order valence-electron chi connectivity index (χ1n) is 6.80. The van der Waals surface area contributed by atoms with Gasteiger partial charge in [-0.1, -0.05) is 25.5 Å². The average Bonchev–Trinajstić information content (AvgIpc) is 2.33. The molecule has 0 aromatic heterocycles. The Morgan fingerprint density at radius 2 is 1.65 bits per heavy atom. The van der Waals surface area contributed by atoms with E-state index >= 15 is 0 Å². The Kier molecular flexibility index (Phi) is 6.06. The van der Waals surface area contributed by atoms with Crippen LogP contribution in [0.25, 0.3) is 0 Å². The van der Waals surface area contributed by atoms with E-state index in [-0.39, 0.29) is 0 Å². The summed E-state index contributed by atoms with van der Waals surface area (Å²) in [6.45, 7) is 8.68. The van der Waals surface area contributed by atoms with E-state index < -0.39 is 0 Å². The Hall–Kier alpha value is -1.02. The maximum Gasteiger partial charge on any atom is 0.0366 e. The fourth-order valence-corrected chi connectivity index (χ4v) is 2.21. The van der Waals surface area contributed by atoms with Gasteiger partial charge in [-0.05, 0) is 44.4 Å². The third-order valence-electron chi connectivity index (χ3n) is 3.22. The fourth-order valence-electron chi connectivity index (χ4n) is 2.21. The van der Waals surface area contributed by atoms with Crippen molar-refractivity contribution in [3.05, 3.63) is 29.8 Å². The highest BCUT2D eigenvalue weighted by molar-refractivity contribution is 5.47. The summed E-state index contributed by atoms with van der Waals surface area (Å²) in [6.07, 6.45) is 3.27. The largest absolute Gasteiger partial charge is 0.372 e. The van der Waals surface area contributed by atoms with E-state index in [0.717, 1.165) is 25.9 Å². The summed E-state index contributed by atoms with van der Waals surface area (Å²) in [7, 11) is 0. The molecule has 1 aromatic rings. The van der Waals surface area contributed by atoms with Crippen molar-refractivity contribution in [2.75, 3.05) is 18.0 Å². The van der Waals surface area contributed by atoms with Gasteiger partial charge >= 0.3 is 0 Å². The van der Waals surface area contributed by atoms with Gasteiger partial charge in [0.05, 0.1) is 0 Å². The van der Waals surface area contributed by atoms with E-state index in [9.17, 15) is 0 Å². The van der Waals surface area contributed by atoms with Crippen molar-refractivity contribution < 1.29 is 0 Å². The highest BCUT2D eigenvalue weighted by atomic mass is 15.1. The number of hydrogen-bond acceptors (Lipinski definition) is 2. The van der Waals surface area contributed by atoms with Gasteiger partial charge in [0.2, 0.25) is 0 Å². The molecule has 0 aliphatic heterocycles. The lowest BCUT2D eigenvalue weighted by molar-refractivity contribution is 0.600. The van der Waals surface area contributed by atoms with Gasteiger partial charge < -0.3 is 10.6 Å². The predicted molar refractivity (Wildman–Crippen MR) is 76.6 cm³/mol. The Morgan fingerprint density at radius 3 is 2.12 bits per heavy atom. The Morgan fingerprint density at radius 1 is 1.06 bits per heavy atom. The van der Waals surface area contributed by atoms with Gasteiger partial charge in [0, 0.05) is 24.8 Å². The Bertz CT molecular complexity index is 301. The monoisotopic (exact) mass is 234 g/mol. The number of benzene rings is 1. The first-order valence-corrected chi connectivity index (χ1v) is 6.80. The highest BCUT2D eigenvalue weighted by Gasteiger charge is 2.04. The number of anilines is 1. The summed E-state index contributed by atoms with van der Waals surface area (Å²) in [5.74, 6) is 0. The van der Waals surface area contributed by atoms with Crippen LogP contribution in [0, 0.1) is 0 Å². The summed E-state index contributed by atoms with van der Waals surface area (Å²) < 4.78 is 0. The lowest BCUT2D eigenvalue weighted by atomic mass is 10.0. The summed E-state index contributed by atoms with van der Waals surface area (Å²) >= 11 is 0. The molecule has 0 bridgehead atoms. The van der Waals surface area contributed by atoms with Crippen LogP contribution in [0.2, 0.25) is 0 Å². The van der Waals surface area contributed by atoms with Gasteiger partial charge in [0.1, 0.15) is 0 Å². The van der Waals surface area contributed by atoms with Gasteiger partial charge in [-0.15, -0.1) is 0 Å². The van der Waals surface area contributed by atoms with E-state index in [4.69, 9.17) is 5.73 Å². The third-order valence-corrected chi connectivity index (χ3v) is 3.22. The first kappa shape index (κ1) is 14.0. The molecule has 2 heteroatoms. The molecule has 0 aliphatic rings. The van der Waals surface area contributed by atoms with Crippen molar-refractivity contribution in [3.8, 4) is 0 Å². The molecule has 0 saturated carbocycles. The van der Waals surface area contributed by atoms with Crippen LogP contribution in [0.5, 0.6) is 0 Å². The number of nitrogens with zero attached hydrogens (tertiary/aromatic N) is 1. The Balaban J connectivity index is 2.61. The third kappa shape index (κ3) is 4.39. The summed E-state index contributed by atoms with van der Waals surface area (Å²) in [6, 6.07) is 9.15. The van der Waals surface area contributed by atoms with E-state index in [1.54, 1.807) is 0 Å². The van der Waals surface area contributed by atoms with Crippen molar-refractivity contribution in [1.29, 1.82) is 0 Å². The second-order valence-corrected chi connectivity index (χ2v) is 4.59. The van der Waals surface area contributed by atoms with E-state index in [1.165, 1.54) is 17.7 Å². The predicted octanol–water partition coefficient (Wildman–Crippen LogP) is 3.20.